The Hall–Kier alpha value is -1.25. The second-order valence-corrected chi connectivity index (χ2v) is 5.12. The van der Waals surface area contributed by atoms with Crippen LogP contribution < -0.4 is 0 Å². The number of hydrogen-bond donors (Lipinski definition) is 0. The molecule has 1 aliphatic rings. The van der Waals surface area contributed by atoms with Gasteiger partial charge in [0.05, 0.1) is 12.7 Å². The Kier molecular flexibility index (Phi) is 4.25. The zero-order valence-electron chi connectivity index (χ0n) is 9.41. The van der Waals surface area contributed by atoms with Gasteiger partial charge in [-0.3, -0.25) is 0 Å². The van der Waals surface area contributed by atoms with Gasteiger partial charge in [-0.25, -0.2) is 4.79 Å². The van der Waals surface area contributed by atoms with E-state index < -0.39 is 27.4 Å². The summed E-state index contributed by atoms with van der Waals surface area (Å²) in [6.45, 7) is 0. The van der Waals surface area contributed by atoms with Crippen molar-refractivity contribution < 1.29 is 35.3 Å². The van der Waals surface area contributed by atoms with Gasteiger partial charge >= 0.3 is 21.6 Å². The zero-order valence-corrected chi connectivity index (χ0v) is 10.2. The molecule has 0 saturated carbocycles. The predicted octanol–water partition coefficient (Wildman–Crippen LogP) is 1.85. The van der Waals surface area contributed by atoms with Crippen LogP contribution in [0, 0.1) is 0 Å². The number of alkyl halides is 3. The molecule has 0 aromatic rings. The molecular weight excluding hydrogens is 277 g/mol. The molecule has 0 saturated heterocycles. The fourth-order valence-electron chi connectivity index (χ4n) is 1.49. The van der Waals surface area contributed by atoms with E-state index >= 15 is 0 Å². The van der Waals surface area contributed by atoms with Crippen molar-refractivity contribution in [2.24, 2.45) is 0 Å². The minimum atomic E-state index is -5.74. The second-order valence-electron chi connectivity index (χ2n) is 3.58. The quantitative estimate of drug-likeness (QED) is 0.450. The fraction of sp³-hybridized carbons (Fsp3) is 0.667. The highest BCUT2D eigenvalue weighted by Crippen LogP contribution is 2.32. The second kappa shape index (κ2) is 5.17. The summed E-state index contributed by atoms with van der Waals surface area (Å²) in [5.41, 5.74) is -5.67. The molecule has 0 radical (unpaired) electrons. The summed E-state index contributed by atoms with van der Waals surface area (Å²) in [6, 6.07) is 0. The standard InChI is InChI=1S/C9H11F3O5S/c1-16-8(13)6-4-2-3-5-7(6)17-18(14,15)9(10,11)12/h2-5H2,1H3. The van der Waals surface area contributed by atoms with E-state index in [1.807, 2.05) is 0 Å². The van der Waals surface area contributed by atoms with Crippen molar-refractivity contribution in [2.45, 2.75) is 31.2 Å². The van der Waals surface area contributed by atoms with E-state index in [1.165, 1.54) is 0 Å². The van der Waals surface area contributed by atoms with Crippen LogP contribution in [0.15, 0.2) is 11.3 Å². The minimum absolute atomic E-state index is 0.0419. The van der Waals surface area contributed by atoms with E-state index in [0.717, 1.165) is 7.11 Å². The summed E-state index contributed by atoms with van der Waals surface area (Å²) in [4.78, 5) is 11.3. The lowest BCUT2D eigenvalue weighted by atomic mass is 9.98. The Morgan fingerprint density at radius 2 is 1.78 bits per heavy atom. The molecule has 18 heavy (non-hydrogen) atoms. The highest BCUT2D eigenvalue weighted by atomic mass is 32.2. The lowest BCUT2D eigenvalue weighted by Gasteiger charge is -2.19. The molecule has 1 aliphatic carbocycles. The van der Waals surface area contributed by atoms with Crippen LogP contribution in [-0.2, 0) is 23.8 Å². The maximum absolute atomic E-state index is 12.1. The summed E-state index contributed by atoms with van der Waals surface area (Å²) in [5.74, 6) is -1.35. The molecule has 9 heteroatoms. The van der Waals surface area contributed by atoms with Gasteiger partial charge in [-0.15, -0.1) is 0 Å². The molecule has 0 spiro atoms. The summed E-state index contributed by atoms with van der Waals surface area (Å²) in [6.07, 6.45) is 1.10. The van der Waals surface area contributed by atoms with Gasteiger partial charge < -0.3 is 8.92 Å². The summed E-state index contributed by atoms with van der Waals surface area (Å²) >= 11 is 0. The SMILES string of the molecule is COC(=O)C1=C(OS(=O)(=O)C(F)(F)F)CCCC1. The van der Waals surface area contributed by atoms with Crippen molar-refractivity contribution in [3.63, 3.8) is 0 Å². The van der Waals surface area contributed by atoms with Crippen molar-refractivity contribution in [2.75, 3.05) is 7.11 Å². The maximum atomic E-state index is 12.1. The Labute approximate surface area is 102 Å². The highest BCUT2D eigenvalue weighted by molar-refractivity contribution is 7.87. The van der Waals surface area contributed by atoms with E-state index in [0.29, 0.717) is 12.8 Å². The molecule has 0 aliphatic heterocycles. The van der Waals surface area contributed by atoms with E-state index in [4.69, 9.17) is 0 Å². The Bertz CT molecular complexity index is 463. The topological polar surface area (TPSA) is 69.7 Å². The van der Waals surface area contributed by atoms with Crippen LogP contribution in [0.5, 0.6) is 0 Å². The average Bonchev–Trinajstić information content (AvgIpc) is 2.26. The van der Waals surface area contributed by atoms with Crippen LogP contribution in [0.2, 0.25) is 0 Å². The molecule has 0 aromatic carbocycles. The number of allylic oxidation sites excluding steroid dienone is 1. The van der Waals surface area contributed by atoms with Gasteiger partial charge in [0.15, 0.2) is 0 Å². The van der Waals surface area contributed by atoms with Gasteiger partial charge in [-0.05, 0) is 19.3 Å². The first kappa shape index (κ1) is 14.8. The van der Waals surface area contributed by atoms with Gasteiger partial charge in [0.1, 0.15) is 5.76 Å². The lowest BCUT2D eigenvalue weighted by Crippen LogP contribution is -2.27. The summed E-state index contributed by atoms with van der Waals surface area (Å²) in [5, 5.41) is 0. The molecule has 0 unspecified atom stereocenters. The third-order valence-corrected chi connectivity index (χ3v) is 3.33. The average molecular weight is 288 g/mol. The van der Waals surface area contributed by atoms with Crippen LogP contribution in [0.25, 0.3) is 0 Å². The number of halogens is 3. The van der Waals surface area contributed by atoms with E-state index in [1.54, 1.807) is 0 Å². The largest absolute Gasteiger partial charge is 0.534 e. The van der Waals surface area contributed by atoms with E-state index in [2.05, 4.69) is 8.92 Å². The maximum Gasteiger partial charge on any atom is 0.534 e. The van der Waals surface area contributed by atoms with Crippen molar-refractivity contribution in [3.05, 3.63) is 11.3 Å². The predicted molar refractivity (Wildman–Crippen MR) is 53.6 cm³/mol. The number of esters is 1. The van der Waals surface area contributed by atoms with Crippen LogP contribution >= 0.6 is 0 Å². The monoisotopic (exact) mass is 288 g/mol. The van der Waals surface area contributed by atoms with Gasteiger partial charge in [0, 0.05) is 6.42 Å². The number of methoxy groups -OCH3 is 1. The Morgan fingerprint density at radius 3 is 2.28 bits per heavy atom. The summed E-state index contributed by atoms with van der Waals surface area (Å²) in [7, 11) is -4.68. The van der Waals surface area contributed by atoms with Crippen molar-refractivity contribution in [1.29, 1.82) is 0 Å². The first-order chi connectivity index (χ1) is 8.19. The fourth-order valence-corrected chi connectivity index (χ4v) is 2.03. The molecule has 0 aromatic heterocycles. The molecular formula is C9H11F3O5S. The Morgan fingerprint density at radius 1 is 1.22 bits per heavy atom. The van der Waals surface area contributed by atoms with Crippen LogP contribution in [-0.4, -0.2) is 27.0 Å². The molecule has 0 amide bonds. The summed E-state index contributed by atoms with van der Waals surface area (Å²) < 4.78 is 66.5. The zero-order chi connectivity index (χ0) is 14.0. The number of ether oxygens (including phenoxy) is 1. The van der Waals surface area contributed by atoms with E-state index in [9.17, 15) is 26.4 Å². The van der Waals surface area contributed by atoms with Crippen molar-refractivity contribution >= 4 is 16.1 Å². The smallest absolute Gasteiger partial charge is 0.466 e. The van der Waals surface area contributed by atoms with Crippen LogP contribution in [0.1, 0.15) is 25.7 Å². The molecule has 5 nitrogen and oxygen atoms in total. The number of carbonyl (C=O) groups is 1. The van der Waals surface area contributed by atoms with Gasteiger partial charge in [-0.2, -0.15) is 21.6 Å². The molecule has 0 bridgehead atoms. The van der Waals surface area contributed by atoms with Crippen LogP contribution in [0.4, 0.5) is 13.2 Å². The van der Waals surface area contributed by atoms with Crippen molar-refractivity contribution in [1.82, 2.24) is 0 Å². The molecule has 0 heterocycles. The molecule has 0 atom stereocenters. The van der Waals surface area contributed by atoms with Crippen LogP contribution in [0.3, 0.4) is 0 Å². The first-order valence-corrected chi connectivity index (χ1v) is 6.41. The molecule has 0 N–H and O–H groups in total. The van der Waals surface area contributed by atoms with Crippen molar-refractivity contribution in [3.8, 4) is 0 Å². The number of carbonyl (C=O) groups excluding carboxylic acids is 1. The Balaban J connectivity index is 3.06. The third-order valence-electron chi connectivity index (χ3n) is 2.34. The molecule has 1 rings (SSSR count). The molecule has 0 fully saturated rings. The van der Waals surface area contributed by atoms with Gasteiger partial charge in [0.2, 0.25) is 0 Å². The highest BCUT2D eigenvalue weighted by Gasteiger charge is 2.49. The first-order valence-electron chi connectivity index (χ1n) is 5.00. The number of hydrogen-bond acceptors (Lipinski definition) is 5. The normalized spacial score (nSPS) is 17.6. The lowest BCUT2D eigenvalue weighted by molar-refractivity contribution is -0.136. The van der Waals surface area contributed by atoms with E-state index in [-0.39, 0.29) is 18.4 Å². The minimum Gasteiger partial charge on any atom is -0.466 e. The van der Waals surface area contributed by atoms with Gasteiger partial charge in [-0.1, -0.05) is 0 Å². The number of rotatable bonds is 3. The van der Waals surface area contributed by atoms with Gasteiger partial charge in [0.25, 0.3) is 0 Å². The molecule has 104 valence electrons. The third kappa shape index (κ3) is 3.15.